The van der Waals surface area contributed by atoms with Crippen molar-refractivity contribution in [2.75, 3.05) is 52.9 Å². The van der Waals surface area contributed by atoms with Crippen molar-refractivity contribution in [3.8, 4) is 0 Å². The zero-order valence-corrected chi connectivity index (χ0v) is 18.6. The Morgan fingerprint density at radius 1 is 1.19 bits per heavy atom. The second kappa shape index (κ2) is 13.8. The highest BCUT2D eigenvalue weighted by atomic mass is 127. The predicted molar refractivity (Wildman–Crippen MR) is 112 cm³/mol. The van der Waals surface area contributed by atoms with E-state index in [1.165, 1.54) is 4.90 Å². The average molecular weight is 493 g/mol. The van der Waals surface area contributed by atoms with Crippen molar-refractivity contribution in [3.05, 3.63) is 0 Å². The van der Waals surface area contributed by atoms with Gasteiger partial charge in [-0.3, -0.25) is 9.89 Å². The van der Waals surface area contributed by atoms with Gasteiger partial charge in [-0.1, -0.05) is 13.8 Å². The summed E-state index contributed by atoms with van der Waals surface area (Å²) >= 11 is 0. The van der Waals surface area contributed by atoms with E-state index in [1.807, 2.05) is 0 Å². The number of hydrogen-bond acceptors (Lipinski definition) is 3. The third kappa shape index (κ3) is 11.4. The van der Waals surface area contributed by atoms with Crippen LogP contribution in [0.4, 0.5) is 13.2 Å². The van der Waals surface area contributed by atoms with Crippen molar-refractivity contribution in [2.45, 2.75) is 51.7 Å². The van der Waals surface area contributed by atoms with Gasteiger partial charge in [0.2, 0.25) is 0 Å². The van der Waals surface area contributed by atoms with Crippen LogP contribution in [0.2, 0.25) is 0 Å². The van der Waals surface area contributed by atoms with E-state index in [0.717, 1.165) is 45.4 Å². The maximum Gasteiger partial charge on any atom is 0.401 e. The summed E-state index contributed by atoms with van der Waals surface area (Å²) in [5.74, 6) is 0.677. The maximum absolute atomic E-state index is 12.4. The van der Waals surface area contributed by atoms with E-state index in [-0.39, 0.29) is 30.0 Å². The molecule has 1 heterocycles. The van der Waals surface area contributed by atoms with Crippen LogP contribution in [0.3, 0.4) is 0 Å². The van der Waals surface area contributed by atoms with Crippen LogP contribution in [0.1, 0.15) is 39.5 Å². The standard InChI is InChI=1S/C17H34F3N5.HI/c1-4-9-24(10-5-2)11-6-8-22-16(21-3)23-15-7-12-25(13-15)14-17(18,19)20;/h15H,4-14H2,1-3H3,(H2,21,22,23);1H. The highest BCUT2D eigenvalue weighted by molar-refractivity contribution is 14.0. The molecule has 0 bridgehead atoms. The summed E-state index contributed by atoms with van der Waals surface area (Å²) in [6.07, 6.45) is -0.0830. The minimum atomic E-state index is -4.13. The van der Waals surface area contributed by atoms with Crippen molar-refractivity contribution in [3.63, 3.8) is 0 Å². The van der Waals surface area contributed by atoms with Gasteiger partial charge >= 0.3 is 6.18 Å². The summed E-state index contributed by atoms with van der Waals surface area (Å²) in [7, 11) is 1.69. The molecule has 0 amide bonds. The largest absolute Gasteiger partial charge is 0.401 e. The van der Waals surface area contributed by atoms with Gasteiger partial charge in [-0.2, -0.15) is 13.2 Å². The third-order valence-corrected chi connectivity index (χ3v) is 4.26. The van der Waals surface area contributed by atoms with Crippen molar-refractivity contribution in [1.82, 2.24) is 20.4 Å². The smallest absolute Gasteiger partial charge is 0.356 e. The van der Waals surface area contributed by atoms with Crippen molar-refractivity contribution in [1.29, 1.82) is 0 Å². The molecule has 1 aliphatic heterocycles. The molecule has 0 aliphatic carbocycles. The molecule has 156 valence electrons. The van der Waals surface area contributed by atoms with E-state index in [9.17, 15) is 13.2 Å². The highest BCUT2D eigenvalue weighted by Gasteiger charge is 2.34. The quantitative estimate of drug-likeness (QED) is 0.213. The lowest BCUT2D eigenvalue weighted by Crippen LogP contribution is -2.45. The first-order chi connectivity index (χ1) is 11.9. The predicted octanol–water partition coefficient (Wildman–Crippen LogP) is 2.92. The number of aliphatic imine (C=N–C) groups is 1. The molecule has 26 heavy (non-hydrogen) atoms. The number of rotatable bonds is 10. The molecule has 0 saturated carbocycles. The Hall–Kier alpha value is -0.290. The lowest BCUT2D eigenvalue weighted by molar-refractivity contribution is -0.143. The Balaban J connectivity index is 0.00000625. The number of guanidine groups is 1. The van der Waals surface area contributed by atoms with Gasteiger partial charge < -0.3 is 15.5 Å². The molecule has 9 heteroatoms. The number of likely N-dealkylation sites (tertiary alicyclic amines) is 1. The average Bonchev–Trinajstić information content (AvgIpc) is 2.95. The number of nitrogens with one attached hydrogen (secondary N) is 2. The number of hydrogen-bond donors (Lipinski definition) is 2. The minimum absolute atomic E-state index is 0. The zero-order chi connectivity index (χ0) is 18.7. The van der Waals surface area contributed by atoms with Gasteiger partial charge in [0.05, 0.1) is 6.54 Å². The van der Waals surface area contributed by atoms with Gasteiger partial charge in [0.25, 0.3) is 0 Å². The first-order valence-corrected chi connectivity index (χ1v) is 9.36. The second-order valence-electron chi connectivity index (χ2n) is 6.67. The molecule has 0 spiro atoms. The molecule has 0 radical (unpaired) electrons. The summed E-state index contributed by atoms with van der Waals surface area (Å²) in [5, 5.41) is 6.51. The Labute approximate surface area is 173 Å². The normalized spacial score (nSPS) is 18.9. The first-order valence-electron chi connectivity index (χ1n) is 9.36. The van der Waals surface area contributed by atoms with Crippen LogP contribution in [0.5, 0.6) is 0 Å². The Bertz CT molecular complexity index is 387. The van der Waals surface area contributed by atoms with E-state index in [0.29, 0.717) is 25.5 Å². The monoisotopic (exact) mass is 493 g/mol. The highest BCUT2D eigenvalue weighted by Crippen LogP contribution is 2.19. The Morgan fingerprint density at radius 3 is 2.38 bits per heavy atom. The van der Waals surface area contributed by atoms with Crippen LogP contribution < -0.4 is 10.6 Å². The Kier molecular flexibility index (Phi) is 13.7. The fraction of sp³-hybridized carbons (Fsp3) is 0.941. The molecular weight excluding hydrogens is 458 g/mol. The van der Waals surface area contributed by atoms with E-state index in [1.54, 1.807) is 7.05 Å². The molecule has 2 N–H and O–H groups in total. The van der Waals surface area contributed by atoms with Crippen LogP contribution >= 0.6 is 24.0 Å². The van der Waals surface area contributed by atoms with Crippen LogP contribution in [-0.2, 0) is 0 Å². The zero-order valence-electron chi connectivity index (χ0n) is 16.2. The number of nitrogens with zero attached hydrogens (tertiary/aromatic N) is 3. The van der Waals surface area contributed by atoms with Crippen LogP contribution in [0, 0.1) is 0 Å². The lowest BCUT2D eigenvalue weighted by atomic mass is 10.3. The second-order valence-corrected chi connectivity index (χ2v) is 6.67. The lowest BCUT2D eigenvalue weighted by Gasteiger charge is -2.22. The Morgan fingerprint density at radius 2 is 1.85 bits per heavy atom. The molecule has 1 atom stereocenters. The van der Waals surface area contributed by atoms with Gasteiger partial charge in [0, 0.05) is 32.7 Å². The van der Waals surface area contributed by atoms with Gasteiger partial charge in [0.1, 0.15) is 0 Å². The van der Waals surface area contributed by atoms with Crippen LogP contribution in [0.15, 0.2) is 4.99 Å². The summed E-state index contributed by atoms with van der Waals surface area (Å²) in [5.41, 5.74) is 0. The first kappa shape index (κ1) is 25.7. The molecule has 1 rings (SSSR count). The van der Waals surface area contributed by atoms with Crippen molar-refractivity contribution < 1.29 is 13.2 Å². The molecule has 1 aliphatic rings. The summed E-state index contributed by atoms with van der Waals surface area (Å²) in [6, 6.07) is 0.0187. The molecular formula is C17H35F3IN5. The molecule has 0 aromatic rings. The van der Waals surface area contributed by atoms with Gasteiger partial charge in [0.15, 0.2) is 5.96 Å². The molecule has 1 fully saturated rings. The summed E-state index contributed by atoms with van der Waals surface area (Å²) < 4.78 is 37.3. The topological polar surface area (TPSA) is 42.9 Å². The van der Waals surface area contributed by atoms with Crippen molar-refractivity contribution >= 4 is 29.9 Å². The molecule has 1 unspecified atom stereocenters. The van der Waals surface area contributed by atoms with E-state index in [2.05, 4.69) is 34.4 Å². The van der Waals surface area contributed by atoms with Crippen LogP contribution in [-0.4, -0.2) is 80.8 Å². The van der Waals surface area contributed by atoms with Crippen molar-refractivity contribution in [2.24, 2.45) is 4.99 Å². The fourth-order valence-corrected chi connectivity index (χ4v) is 3.21. The number of halogens is 4. The van der Waals surface area contributed by atoms with E-state index < -0.39 is 12.7 Å². The van der Waals surface area contributed by atoms with Gasteiger partial charge in [-0.15, -0.1) is 24.0 Å². The number of alkyl halides is 3. The summed E-state index contributed by atoms with van der Waals surface area (Å²) in [4.78, 5) is 8.09. The van der Waals surface area contributed by atoms with Crippen LogP contribution in [0.25, 0.3) is 0 Å². The molecule has 0 aromatic carbocycles. The van der Waals surface area contributed by atoms with E-state index >= 15 is 0 Å². The van der Waals surface area contributed by atoms with Gasteiger partial charge in [-0.05, 0) is 45.3 Å². The van der Waals surface area contributed by atoms with Gasteiger partial charge in [-0.25, -0.2) is 0 Å². The summed E-state index contributed by atoms with van der Waals surface area (Å²) in [6.45, 7) is 8.53. The minimum Gasteiger partial charge on any atom is -0.356 e. The third-order valence-electron chi connectivity index (χ3n) is 4.26. The molecule has 5 nitrogen and oxygen atoms in total. The fourth-order valence-electron chi connectivity index (χ4n) is 3.21. The SMILES string of the molecule is CCCN(CCC)CCCNC(=NC)NC1CCN(CC(F)(F)F)C1.I. The maximum atomic E-state index is 12.4. The van der Waals surface area contributed by atoms with E-state index in [4.69, 9.17) is 0 Å². The molecule has 1 saturated heterocycles. The molecule has 0 aromatic heterocycles.